The minimum atomic E-state index is -0.153. The van der Waals surface area contributed by atoms with Crippen molar-refractivity contribution >= 4 is 17.4 Å². The molecule has 0 unspecified atom stereocenters. The minimum absolute atomic E-state index is 0.0197. The van der Waals surface area contributed by atoms with E-state index in [1.165, 1.54) is 4.88 Å². The van der Waals surface area contributed by atoms with Gasteiger partial charge in [-0.05, 0) is 31.7 Å². The number of nitrogens with zero attached hydrogens (tertiary/aromatic N) is 1. The zero-order valence-electron chi connectivity index (χ0n) is 12.9. The number of thiazole rings is 1. The molecule has 0 spiro atoms. The average Bonchev–Trinajstić information content (AvgIpc) is 3.18. The Morgan fingerprint density at radius 2 is 2.22 bits per heavy atom. The number of para-hydroxylation sites is 1. The highest BCUT2D eigenvalue weighted by atomic mass is 32.1. The van der Waals surface area contributed by atoms with Crippen molar-refractivity contribution in [2.24, 2.45) is 5.92 Å². The zero-order chi connectivity index (χ0) is 15.8. The Labute approximate surface area is 139 Å². The Bertz CT molecular complexity index is 726. The van der Waals surface area contributed by atoms with Crippen LogP contribution in [0.4, 0.5) is 4.79 Å². The molecule has 6 heteroatoms. The molecule has 0 saturated heterocycles. The van der Waals surface area contributed by atoms with Gasteiger partial charge in [0.15, 0.2) is 0 Å². The lowest BCUT2D eigenvalue weighted by Crippen LogP contribution is -2.41. The summed E-state index contributed by atoms with van der Waals surface area (Å²) in [5, 5.41) is 7.14. The van der Waals surface area contributed by atoms with Crippen molar-refractivity contribution in [3.8, 4) is 5.75 Å². The second kappa shape index (κ2) is 5.85. The summed E-state index contributed by atoms with van der Waals surface area (Å²) in [6.07, 6.45) is 4.17. The normalized spacial score (nSPS) is 20.5. The van der Waals surface area contributed by atoms with Crippen LogP contribution in [0.1, 0.15) is 40.4 Å². The first-order valence-electron chi connectivity index (χ1n) is 7.92. The largest absolute Gasteiger partial charge is 0.491 e. The summed E-state index contributed by atoms with van der Waals surface area (Å²) in [5.41, 5.74) is 1.04. The van der Waals surface area contributed by atoms with Gasteiger partial charge < -0.3 is 15.4 Å². The predicted molar refractivity (Wildman–Crippen MR) is 88.7 cm³/mol. The molecule has 5 nitrogen and oxygen atoms in total. The van der Waals surface area contributed by atoms with E-state index < -0.39 is 0 Å². The Kier molecular flexibility index (Phi) is 3.69. The van der Waals surface area contributed by atoms with Gasteiger partial charge in [0.1, 0.15) is 17.4 Å². The summed E-state index contributed by atoms with van der Waals surface area (Å²) in [4.78, 5) is 18.1. The molecule has 1 aliphatic heterocycles. The molecule has 2 heterocycles. The van der Waals surface area contributed by atoms with Crippen molar-refractivity contribution in [1.82, 2.24) is 15.6 Å². The molecule has 2 aromatic rings. The van der Waals surface area contributed by atoms with Gasteiger partial charge in [-0.1, -0.05) is 18.2 Å². The zero-order valence-corrected chi connectivity index (χ0v) is 13.7. The third-order valence-corrected chi connectivity index (χ3v) is 5.29. The number of aryl methyl sites for hydroxylation is 1. The third kappa shape index (κ3) is 3.03. The van der Waals surface area contributed by atoms with Crippen LogP contribution in [0.25, 0.3) is 0 Å². The number of rotatable bonds is 4. The summed E-state index contributed by atoms with van der Waals surface area (Å²) in [5.74, 6) is 1.37. The molecule has 2 atom stereocenters. The van der Waals surface area contributed by atoms with Gasteiger partial charge in [-0.2, -0.15) is 0 Å². The van der Waals surface area contributed by atoms with E-state index >= 15 is 0 Å². The van der Waals surface area contributed by atoms with Crippen LogP contribution in [-0.4, -0.2) is 17.6 Å². The molecule has 1 aliphatic carbocycles. The van der Waals surface area contributed by atoms with Crippen molar-refractivity contribution in [2.45, 2.75) is 31.8 Å². The summed E-state index contributed by atoms with van der Waals surface area (Å²) >= 11 is 1.66. The first-order valence-corrected chi connectivity index (χ1v) is 8.73. The SMILES string of the molecule is Cc1cnc([C@H](NC(=O)N[C@@H]2COc3ccccc32)C2CC2)s1. The fraction of sp³-hybridized carbons (Fsp3) is 0.412. The minimum Gasteiger partial charge on any atom is -0.491 e. The fourth-order valence-corrected chi connectivity index (χ4v) is 3.87. The lowest BCUT2D eigenvalue weighted by molar-refractivity contribution is 0.227. The average molecular weight is 329 g/mol. The molecule has 1 aromatic carbocycles. The Hall–Kier alpha value is -2.08. The molecule has 1 saturated carbocycles. The lowest BCUT2D eigenvalue weighted by Gasteiger charge is -2.18. The van der Waals surface area contributed by atoms with Gasteiger partial charge in [-0.15, -0.1) is 11.3 Å². The Morgan fingerprint density at radius 3 is 2.96 bits per heavy atom. The van der Waals surface area contributed by atoms with Crippen molar-refractivity contribution in [2.75, 3.05) is 6.61 Å². The Balaban J connectivity index is 1.43. The number of hydrogen-bond donors (Lipinski definition) is 2. The second-order valence-corrected chi connectivity index (χ2v) is 7.41. The monoisotopic (exact) mass is 329 g/mol. The first kappa shape index (κ1) is 14.5. The Morgan fingerprint density at radius 1 is 1.39 bits per heavy atom. The number of hydrogen-bond acceptors (Lipinski definition) is 4. The van der Waals surface area contributed by atoms with Crippen LogP contribution >= 0.6 is 11.3 Å². The summed E-state index contributed by atoms with van der Waals surface area (Å²) in [7, 11) is 0. The molecule has 1 fully saturated rings. The number of urea groups is 1. The summed E-state index contributed by atoms with van der Waals surface area (Å²) < 4.78 is 5.61. The number of benzene rings is 1. The number of ether oxygens (including phenoxy) is 1. The van der Waals surface area contributed by atoms with Crippen LogP contribution in [0.5, 0.6) is 5.75 Å². The molecular weight excluding hydrogens is 310 g/mol. The van der Waals surface area contributed by atoms with Gasteiger partial charge in [0.25, 0.3) is 0 Å². The van der Waals surface area contributed by atoms with E-state index in [1.54, 1.807) is 11.3 Å². The number of aromatic nitrogens is 1. The van der Waals surface area contributed by atoms with E-state index in [0.717, 1.165) is 29.2 Å². The van der Waals surface area contributed by atoms with Gasteiger partial charge in [-0.3, -0.25) is 0 Å². The van der Waals surface area contributed by atoms with Gasteiger partial charge in [-0.25, -0.2) is 9.78 Å². The molecule has 0 radical (unpaired) electrons. The van der Waals surface area contributed by atoms with Crippen molar-refractivity contribution in [3.05, 3.63) is 45.9 Å². The second-order valence-electron chi connectivity index (χ2n) is 6.14. The summed E-state index contributed by atoms with van der Waals surface area (Å²) in [6, 6.07) is 7.60. The van der Waals surface area contributed by atoms with Crippen LogP contribution in [0.15, 0.2) is 30.5 Å². The highest BCUT2D eigenvalue weighted by Crippen LogP contribution is 2.42. The number of carbonyl (C=O) groups is 1. The summed E-state index contributed by atoms with van der Waals surface area (Å²) in [6.45, 7) is 2.52. The topological polar surface area (TPSA) is 63.2 Å². The molecule has 23 heavy (non-hydrogen) atoms. The third-order valence-electron chi connectivity index (χ3n) is 4.29. The van der Waals surface area contributed by atoms with E-state index in [1.807, 2.05) is 37.4 Å². The van der Waals surface area contributed by atoms with E-state index in [2.05, 4.69) is 15.6 Å². The standard InChI is InChI=1S/C17H19N3O2S/c1-10-8-18-16(23-10)15(11-6-7-11)20-17(21)19-13-9-22-14-5-3-2-4-12(13)14/h2-5,8,11,13,15H,6-7,9H2,1H3,(H2,19,20,21)/t13-,15-/m1/s1. The van der Waals surface area contributed by atoms with E-state index in [4.69, 9.17) is 4.74 Å². The maximum atomic E-state index is 12.4. The van der Waals surface area contributed by atoms with E-state index in [0.29, 0.717) is 12.5 Å². The predicted octanol–water partition coefficient (Wildman–Crippen LogP) is 3.34. The van der Waals surface area contributed by atoms with Gasteiger partial charge >= 0.3 is 6.03 Å². The van der Waals surface area contributed by atoms with Gasteiger partial charge in [0.05, 0.1) is 12.1 Å². The van der Waals surface area contributed by atoms with E-state index in [-0.39, 0.29) is 18.1 Å². The number of carbonyl (C=O) groups excluding carboxylic acids is 1. The van der Waals surface area contributed by atoms with Crippen molar-refractivity contribution in [3.63, 3.8) is 0 Å². The number of fused-ring (bicyclic) bond motifs is 1. The van der Waals surface area contributed by atoms with Crippen molar-refractivity contribution in [1.29, 1.82) is 0 Å². The van der Waals surface area contributed by atoms with Crippen LogP contribution in [0, 0.1) is 12.8 Å². The quantitative estimate of drug-likeness (QED) is 0.904. The van der Waals surface area contributed by atoms with Crippen LogP contribution in [-0.2, 0) is 0 Å². The van der Waals surface area contributed by atoms with Crippen LogP contribution < -0.4 is 15.4 Å². The fourth-order valence-electron chi connectivity index (χ4n) is 2.95. The highest BCUT2D eigenvalue weighted by Gasteiger charge is 2.36. The molecule has 4 rings (SSSR count). The van der Waals surface area contributed by atoms with Gasteiger partial charge in [0.2, 0.25) is 0 Å². The molecule has 0 bridgehead atoms. The lowest BCUT2D eigenvalue weighted by atomic mass is 10.1. The van der Waals surface area contributed by atoms with E-state index in [9.17, 15) is 4.79 Å². The number of amides is 2. The molecule has 2 amide bonds. The molecule has 1 aromatic heterocycles. The number of nitrogens with one attached hydrogen (secondary N) is 2. The van der Waals surface area contributed by atoms with Gasteiger partial charge in [0, 0.05) is 16.6 Å². The van der Waals surface area contributed by atoms with Crippen LogP contribution in [0.2, 0.25) is 0 Å². The van der Waals surface area contributed by atoms with Crippen LogP contribution in [0.3, 0.4) is 0 Å². The molecule has 2 N–H and O–H groups in total. The maximum absolute atomic E-state index is 12.4. The smallest absolute Gasteiger partial charge is 0.315 e. The first-order chi connectivity index (χ1) is 11.2. The van der Waals surface area contributed by atoms with Crippen molar-refractivity contribution < 1.29 is 9.53 Å². The molecule has 2 aliphatic rings. The molecule has 120 valence electrons. The highest BCUT2D eigenvalue weighted by molar-refractivity contribution is 7.11. The molecular formula is C17H19N3O2S. The maximum Gasteiger partial charge on any atom is 0.315 e.